The number of fused-ring (bicyclic) bond motifs is 3. The Morgan fingerprint density at radius 1 is 1.06 bits per heavy atom. The third-order valence-corrected chi connectivity index (χ3v) is 2.85. The molecule has 2 aromatic rings. The first-order chi connectivity index (χ1) is 8.58. The van der Waals surface area contributed by atoms with Gasteiger partial charge >= 0.3 is 5.63 Å². The van der Waals surface area contributed by atoms with E-state index in [-0.39, 0.29) is 5.78 Å². The van der Waals surface area contributed by atoms with E-state index in [0.717, 1.165) is 5.57 Å². The molecule has 0 atom stereocenters. The average molecular weight is 242 g/mol. The zero-order valence-corrected chi connectivity index (χ0v) is 9.94. The predicted octanol–water partition coefficient (Wildman–Crippen LogP) is 2.66. The first-order valence-corrected chi connectivity index (χ1v) is 5.55. The van der Waals surface area contributed by atoms with Gasteiger partial charge in [-0.25, -0.2) is 4.79 Å². The molecule has 3 rings (SSSR count). The van der Waals surface area contributed by atoms with Crippen molar-refractivity contribution in [2.75, 3.05) is 0 Å². The van der Waals surface area contributed by atoms with Crippen LogP contribution in [0.1, 0.15) is 24.2 Å². The number of rotatable bonds is 0. The van der Waals surface area contributed by atoms with Crippen LogP contribution in [-0.4, -0.2) is 5.78 Å². The van der Waals surface area contributed by atoms with Crippen molar-refractivity contribution in [3.05, 3.63) is 51.6 Å². The topological polar surface area (TPSA) is 56.5 Å². The van der Waals surface area contributed by atoms with Crippen LogP contribution in [-0.2, 0) is 0 Å². The van der Waals surface area contributed by atoms with Crippen LogP contribution >= 0.6 is 0 Å². The van der Waals surface area contributed by atoms with Gasteiger partial charge < -0.3 is 9.15 Å². The van der Waals surface area contributed by atoms with E-state index >= 15 is 0 Å². The molecule has 1 aromatic heterocycles. The normalized spacial score (nSPS) is 13.7. The summed E-state index contributed by atoms with van der Waals surface area (Å²) < 4.78 is 10.6. The van der Waals surface area contributed by atoms with Crippen molar-refractivity contribution < 1.29 is 13.9 Å². The van der Waals surface area contributed by atoms with Gasteiger partial charge in [-0.05, 0) is 37.6 Å². The molecular weight excluding hydrogens is 232 g/mol. The second-order valence-corrected chi connectivity index (χ2v) is 4.37. The van der Waals surface area contributed by atoms with E-state index < -0.39 is 5.63 Å². The Balaban J connectivity index is 2.40. The molecule has 0 fully saturated rings. The molecule has 4 nitrogen and oxygen atoms in total. The van der Waals surface area contributed by atoms with Crippen molar-refractivity contribution in [1.29, 1.82) is 0 Å². The van der Waals surface area contributed by atoms with E-state index in [2.05, 4.69) is 0 Å². The monoisotopic (exact) mass is 242 g/mol. The first-order valence-electron chi connectivity index (χ1n) is 5.55. The van der Waals surface area contributed by atoms with Crippen molar-refractivity contribution in [2.24, 2.45) is 0 Å². The number of Topliss-reactive ketones (excluding diaryl/α,β-unsaturated/α-hetero) is 1. The van der Waals surface area contributed by atoms with Gasteiger partial charge in [-0.3, -0.25) is 4.79 Å². The minimum Gasteiger partial charge on any atom is -0.452 e. The number of hydrogen-bond donors (Lipinski definition) is 0. The van der Waals surface area contributed by atoms with Crippen LogP contribution in [0.15, 0.2) is 44.8 Å². The Hall–Kier alpha value is -2.36. The summed E-state index contributed by atoms with van der Waals surface area (Å²) in [5, 5.41) is 0.709. The lowest BCUT2D eigenvalue weighted by molar-refractivity contribution is 0.101. The minimum absolute atomic E-state index is 0.232. The molecule has 0 bridgehead atoms. The van der Waals surface area contributed by atoms with E-state index in [1.807, 2.05) is 0 Å². The second-order valence-electron chi connectivity index (χ2n) is 4.37. The highest BCUT2D eigenvalue weighted by Gasteiger charge is 2.31. The maximum absolute atomic E-state index is 12.2. The fraction of sp³-hybridized carbons (Fsp3) is 0.143. The van der Waals surface area contributed by atoms with Crippen LogP contribution in [0, 0.1) is 0 Å². The van der Waals surface area contributed by atoms with Gasteiger partial charge in [-0.2, -0.15) is 0 Å². The molecular formula is C14H10O4. The lowest BCUT2D eigenvalue weighted by Gasteiger charge is -2.00. The Kier molecular flexibility index (Phi) is 2.13. The van der Waals surface area contributed by atoms with Crippen molar-refractivity contribution in [3.63, 3.8) is 0 Å². The van der Waals surface area contributed by atoms with Crippen molar-refractivity contribution >= 4 is 16.8 Å². The number of hydrogen-bond acceptors (Lipinski definition) is 4. The summed E-state index contributed by atoms with van der Waals surface area (Å²) >= 11 is 0. The zero-order chi connectivity index (χ0) is 12.9. The molecule has 1 aromatic carbocycles. The van der Waals surface area contributed by atoms with Crippen LogP contribution in [0.5, 0.6) is 5.75 Å². The molecule has 0 radical (unpaired) electrons. The van der Waals surface area contributed by atoms with Gasteiger partial charge in [-0.1, -0.05) is 0 Å². The predicted molar refractivity (Wildman–Crippen MR) is 65.8 cm³/mol. The van der Waals surface area contributed by atoms with Gasteiger partial charge in [0.25, 0.3) is 0 Å². The van der Waals surface area contributed by atoms with Crippen molar-refractivity contribution in [3.8, 4) is 5.75 Å². The number of allylic oxidation sites excluding steroid dienone is 2. The molecule has 4 heteroatoms. The Morgan fingerprint density at radius 3 is 2.50 bits per heavy atom. The molecule has 0 saturated carbocycles. The molecule has 18 heavy (non-hydrogen) atoms. The summed E-state index contributed by atoms with van der Waals surface area (Å²) in [6.07, 6.45) is 0. The average Bonchev–Trinajstić information content (AvgIpc) is 2.67. The molecule has 0 amide bonds. The molecule has 0 N–H and O–H groups in total. The van der Waals surface area contributed by atoms with Gasteiger partial charge in [-0.15, -0.1) is 0 Å². The van der Waals surface area contributed by atoms with Crippen LogP contribution in [0.3, 0.4) is 0 Å². The van der Waals surface area contributed by atoms with Gasteiger partial charge in [0.05, 0.1) is 0 Å². The maximum atomic E-state index is 12.2. The summed E-state index contributed by atoms with van der Waals surface area (Å²) in [6.45, 7) is 3.61. The summed E-state index contributed by atoms with van der Waals surface area (Å²) in [5.74, 6) is 0.520. The smallest absolute Gasteiger partial charge is 0.336 e. The van der Waals surface area contributed by atoms with E-state index in [4.69, 9.17) is 9.15 Å². The van der Waals surface area contributed by atoms with Gasteiger partial charge in [0.2, 0.25) is 5.78 Å². The highest BCUT2D eigenvalue weighted by molar-refractivity contribution is 6.18. The van der Waals surface area contributed by atoms with Gasteiger partial charge in [0, 0.05) is 11.5 Å². The highest BCUT2D eigenvalue weighted by Crippen LogP contribution is 2.36. The summed E-state index contributed by atoms with van der Waals surface area (Å²) in [6, 6.07) is 6.44. The molecule has 0 saturated heterocycles. The molecule has 2 heterocycles. The lowest BCUT2D eigenvalue weighted by Crippen LogP contribution is -2.02. The van der Waals surface area contributed by atoms with Crippen molar-refractivity contribution in [2.45, 2.75) is 13.8 Å². The Bertz CT molecular complexity index is 761. The number of carbonyl (C=O) groups is 1. The summed E-state index contributed by atoms with van der Waals surface area (Å²) in [4.78, 5) is 23.5. The molecule has 0 spiro atoms. The minimum atomic E-state index is -0.477. The van der Waals surface area contributed by atoms with E-state index in [1.165, 1.54) is 6.07 Å². The standard InChI is InChI=1S/C14H10O4/c1-7(2)13-12(16)11-9(17-13)5-3-8-4-6-10(15)18-14(8)11/h3-6H,1-2H3. The third-order valence-electron chi connectivity index (χ3n) is 2.85. The van der Waals surface area contributed by atoms with Crippen molar-refractivity contribution in [1.82, 2.24) is 0 Å². The molecule has 1 aliphatic rings. The fourth-order valence-electron chi connectivity index (χ4n) is 2.01. The summed E-state index contributed by atoms with van der Waals surface area (Å²) in [5.41, 5.74) is 0.944. The Labute approximate surface area is 102 Å². The number of carbonyl (C=O) groups excluding carboxylic acids is 1. The maximum Gasteiger partial charge on any atom is 0.336 e. The van der Waals surface area contributed by atoms with E-state index in [9.17, 15) is 9.59 Å². The Morgan fingerprint density at radius 2 is 1.78 bits per heavy atom. The first kappa shape index (κ1) is 10.8. The number of ether oxygens (including phenoxy) is 1. The SMILES string of the molecule is CC(C)=C1Oc2ccc3ccc(=O)oc3c2C1=O. The summed E-state index contributed by atoms with van der Waals surface area (Å²) in [7, 11) is 0. The second kappa shape index (κ2) is 3.57. The van der Waals surface area contributed by atoms with Crippen LogP contribution in [0.25, 0.3) is 11.0 Å². The van der Waals surface area contributed by atoms with E-state index in [0.29, 0.717) is 28.0 Å². The van der Waals surface area contributed by atoms with Gasteiger partial charge in [0.15, 0.2) is 11.3 Å². The number of ketones is 1. The number of benzene rings is 1. The van der Waals surface area contributed by atoms with Crippen LogP contribution in [0.4, 0.5) is 0 Å². The van der Waals surface area contributed by atoms with Gasteiger partial charge in [0.1, 0.15) is 11.3 Å². The van der Waals surface area contributed by atoms with E-state index in [1.54, 1.807) is 32.0 Å². The zero-order valence-electron chi connectivity index (χ0n) is 9.94. The van der Waals surface area contributed by atoms with Crippen LogP contribution < -0.4 is 10.4 Å². The molecule has 0 aliphatic carbocycles. The quantitative estimate of drug-likeness (QED) is 0.526. The molecule has 0 unspecified atom stereocenters. The largest absolute Gasteiger partial charge is 0.452 e. The lowest BCUT2D eigenvalue weighted by atomic mass is 10.1. The molecule has 90 valence electrons. The fourth-order valence-corrected chi connectivity index (χ4v) is 2.01. The highest BCUT2D eigenvalue weighted by atomic mass is 16.5. The van der Waals surface area contributed by atoms with Crippen LogP contribution in [0.2, 0.25) is 0 Å². The molecule has 1 aliphatic heterocycles. The third kappa shape index (κ3) is 1.39.